The van der Waals surface area contributed by atoms with E-state index < -0.39 is 0 Å². The third-order valence-corrected chi connectivity index (χ3v) is 5.93. The van der Waals surface area contributed by atoms with Crippen LogP contribution in [0, 0.1) is 6.92 Å². The molecule has 0 amide bonds. The van der Waals surface area contributed by atoms with Gasteiger partial charge in [-0.2, -0.15) is 0 Å². The summed E-state index contributed by atoms with van der Waals surface area (Å²) >= 11 is 0. The van der Waals surface area contributed by atoms with Crippen LogP contribution in [0.3, 0.4) is 0 Å². The number of aryl methyl sites for hydroxylation is 1. The van der Waals surface area contributed by atoms with Crippen LogP contribution in [0.4, 0.5) is 0 Å². The highest BCUT2D eigenvalue weighted by atomic mass is 14.2. The van der Waals surface area contributed by atoms with Crippen LogP contribution in [0.1, 0.15) is 48.9 Å². The van der Waals surface area contributed by atoms with E-state index in [1.165, 1.54) is 44.5 Å². The lowest BCUT2D eigenvalue weighted by molar-refractivity contribution is 1.10. The van der Waals surface area contributed by atoms with Crippen molar-refractivity contribution >= 4 is 5.57 Å². The molecule has 0 aliphatic heterocycles. The smallest absolute Gasteiger partial charge is 0.00257 e. The lowest BCUT2D eigenvalue weighted by Gasteiger charge is -2.20. The van der Waals surface area contributed by atoms with Gasteiger partial charge in [0.2, 0.25) is 0 Å². The third kappa shape index (κ3) is 7.18. The molecule has 3 rings (SSSR count). The van der Waals surface area contributed by atoms with Gasteiger partial charge in [-0.05, 0) is 79.0 Å². The lowest BCUT2D eigenvalue weighted by atomic mass is 9.84. The van der Waals surface area contributed by atoms with Crippen LogP contribution in [0.2, 0.25) is 0 Å². The monoisotopic (exact) mass is 444 g/mol. The zero-order valence-electron chi connectivity index (χ0n) is 20.9. The minimum absolute atomic E-state index is 0.888. The second-order valence-electron chi connectivity index (χ2n) is 9.02. The maximum atomic E-state index is 4.04. The van der Waals surface area contributed by atoms with Crippen LogP contribution < -0.4 is 0 Å². The van der Waals surface area contributed by atoms with Crippen molar-refractivity contribution in [3.63, 3.8) is 0 Å². The second-order valence-corrected chi connectivity index (χ2v) is 9.02. The summed E-state index contributed by atoms with van der Waals surface area (Å²) in [6.45, 7) is 14.4. The summed E-state index contributed by atoms with van der Waals surface area (Å²) in [5, 5.41) is 0. The number of allylic oxidation sites excluding steroid dienone is 14. The van der Waals surface area contributed by atoms with E-state index in [9.17, 15) is 0 Å². The first-order valence-electron chi connectivity index (χ1n) is 12.0. The predicted octanol–water partition coefficient (Wildman–Crippen LogP) is 9.44. The van der Waals surface area contributed by atoms with E-state index in [0.29, 0.717) is 0 Å². The van der Waals surface area contributed by atoms with Crippen molar-refractivity contribution in [1.29, 1.82) is 0 Å². The summed E-state index contributed by atoms with van der Waals surface area (Å²) in [6, 6.07) is 17.5. The van der Waals surface area contributed by atoms with E-state index in [1.807, 2.05) is 13.0 Å². The van der Waals surface area contributed by atoms with E-state index >= 15 is 0 Å². The van der Waals surface area contributed by atoms with Crippen LogP contribution >= 0.6 is 0 Å². The predicted molar refractivity (Wildman–Crippen MR) is 151 cm³/mol. The van der Waals surface area contributed by atoms with Gasteiger partial charge in [-0.1, -0.05) is 128 Å². The topological polar surface area (TPSA) is 0 Å². The van der Waals surface area contributed by atoms with E-state index in [4.69, 9.17) is 0 Å². The van der Waals surface area contributed by atoms with Crippen molar-refractivity contribution in [1.82, 2.24) is 0 Å². The van der Waals surface area contributed by atoms with E-state index in [-0.39, 0.29) is 0 Å². The molecular formula is C34H36. The summed E-state index contributed by atoms with van der Waals surface area (Å²) < 4.78 is 0. The molecule has 0 radical (unpaired) electrons. The van der Waals surface area contributed by atoms with Gasteiger partial charge in [-0.15, -0.1) is 0 Å². The first kappa shape index (κ1) is 25.0. The Labute approximate surface area is 206 Å². The molecule has 0 spiro atoms. The molecule has 34 heavy (non-hydrogen) atoms. The fraction of sp³-hybridized carbons (Fsp3) is 0.176. The van der Waals surface area contributed by atoms with Gasteiger partial charge < -0.3 is 0 Å². The molecule has 0 unspecified atom stereocenters. The molecular weight excluding hydrogens is 408 g/mol. The molecule has 0 bridgehead atoms. The summed E-state index contributed by atoms with van der Waals surface area (Å²) in [7, 11) is 0. The number of hydrogen-bond donors (Lipinski definition) is 0. The van der Waals surface area contributed by atoms with Gasteiger partial charge in [-0.3, -0.25) is 0 Å². The Balaban J connectivity index is 2.00. The summed E-state index contributed by atoms with van der Waals surface area (Å²) in [4.78, 5) is 0. The van der Waals surface area contributed by atoms with Crippen molar-refractivity contribution in [2.45, 2.75) is 40.0 Å². The normalized spacial score (nSPS) is 15.6. The van der Waals surface area contributed by atoms with Gasteiger partial charge >= 0.3 is 0 Å². The highest BCUT2D eigenvalue weighted by Gasteiger charge is 2.15. The van der Waals surface area contributed by atoms with E-state index in [2.05, 4.69) is 124 Å². The maximum Gasteiger partial charge on any atom is -0.00257 e. The number of hydrogen-bond acceptors (Lipinski definition) is 0. The van der Waals surface area contributed by atoms with Gasteiger partial charge in [0, 0.05) is 0 Å². The molecule has 1 aliphatic carbocycles. The Morgan fingerprint density at radius 1 is 0.971 bits per heavy atom. The van der Waals surface area contributed by atoms with E-state index in [0.717, 1.165) is 24.8 Å². The lowest BCUT2D eigenvalue weighted by Crippen LogP contribution is -2.00. The van der Waals surface area contributed by atoms with Crippen molar-refractivity contribution in [2.75, 3.05) is 0 Å². The Bertz CT molecular complexity index is 1200. The quantitative estimate of drug-likeness (QED) is 0.338. The molecule has 0 saturated carbocycles. The van der Waals surface area contributed by atoms with Crippen molar-refractivity contribution in [3.8, 4) is 0 Å². The minimum atomic E-state index is 0.888. The molecule has 0 heterocycles. The average molecular weight is 445 g/mol. The molecule has 0 nitrogen and oxygen atoms in total. The fourth-order valence-electron chi connectivity index (χ4n) is 4.27. The van der Waals surface area contributed by atoms with Gasteiger partial charge in [0.1, 0.15) is 0 Å². The Morgan fingerprint density at radius 3 is 2.41 bits per heavy atom. The molecule has 1 aliphatic rings. The second kappa shape index (κ2) is 12.6. The van der Waals surface area contributed by atoms with Crippen molar-refractivity contribution < 1.29 is 0 Å². The molecule has 0 aromatic heterocycles. The molecule has 0 fully saturated rings. The van der Waals surface area contributed by atoms with Crippen LogP contribution in [-0.2, 0) is 6.42 Å². The SMILES string of the molecule is C=C/C=C(/C(C/C(C)=C/C=C\C(=C)C)=C1\C=CC=CC1)c1ccc(Cc2ccccc2)cc1C. The molecule has 0 atom stereocenters. The van der Waals surface area contributed by atoms with Crippen LogP contribution in [0.15, 0.2) is 139 Å². The summed E-state index contributed by atoms with van der Waals surface area (Å²) in [5.74, 6) is 0. The first-order chi connectivity index (χ1) is 16.5. The van der Waals surface area contributed by atoms with Crippen molar-refractivity contribution in [2.24, 2.45) is 0 Å². The zero-order valence-corrected chi connectivity index (χ0v) is 20.9. The maximum absolute atomic E-state index is 4.04. The molecule has 2 aromatic carbocycles. The van der Waals surface area contributed by atoms with Crippen LogP contribution in [0.5, 0.6) is 0 Å². The average Bonchev–Trinajstić information content (AvgIpc) is 2.83. The molecule has 0 N–H and O–H groups in total. The largest absolute Gasteiger partial charge is 0.0990 e. The Morgan fingerprint density at radius 2 is 1.76 bits per heavy atom. The minimum Gasteiger partial charge on any atom is -0.0990 e. The fourth-order valence-corrected chi connectivity index (χ4v) is 4.27. The third-order valence-electron chi connectivity index (χ3n) is 5.93. The highest BCUT2D eigenvalue weighted by molar-refractivity contribution is 5.83. The Hall–Kier alpha value is -3.64. The number of benzene rings is 2. The molecule has 172 valence electrons. The van der Waals surface area contributed by atoms with E-state index in [1.54, 1.807) is 0 Å². The van der Waals surface area contributed by atoms with Gasteiger partial charge in [0.15, 0.2) is 0 Å². The Kier molecular flexibility index (Phi) is 9.23. The standard InChI is InChI=1S/C34H36/c1-6-14-33(32-22-21-30(24-28(32)5)25-29-17-9-7-10-18-29)34(31-19-11-8-12-20-31)23-27(4)16-13-15-26(2)3/h6-19,21-22,24H,1-2,20,23,25H2,3-5H3/b15-13-,27-16+,33-14+,34-31+. The summed E-state index contributed by atoms with van der Waals surface area (Å²) in [6.07, 6.45) is 21.9. The van der Waals surface area contributed by atoms with Crippen molar-refractivity contribution in [3.05, 3.63) is 161 Å². The van der Waals surface area contributed by atoms with Gasteiger partial charge in [0.05, 0.1) is 0 Å². The van der Waals surface area contributed by atoms with Gasteiger partial charge in [0.25, 0.3) is 0 Å². The highest BCUT2D eigenvalue weighted by Crippen LogP contribution is 2.35. The molecule has 2 aromatic rings. The molecule has 0 saturated heterocycles. The molecule has 0 heteroatoms. The summed E-state index contributed by atoms with van der Waals surface area (Å²) in [5.41, 5.74) is 11.6. The number of rotatable bonds is 9. The van der Waals surface area contributed by atoms with Crippen LogP contribution in [-0.4, -0.2) is 0 Å². The first-order valence-corrected chi connectivity index (χ1v) is 12.0. The van der Waals surface area contributed by atoms with Crippen LogP contribution in [0.25, 0.3) is 5.57 Å². The van der Waals surface area contributed by atoms with Gasteiger partial charge in [-0.25, -0.2) is 0 Å². The zero-order chi connectivity index (χ0) is 24.3.